The van der Waals surface area contributed by atoms with Crippen LogP contribution in [0.15, 0.2) is 0 Å². The van der Waals surface area contributed by atoms with Crippen molar-refractivity contribution in [2.24, 2.45) is 0 Å². The number of amides is 1. The van der Waals surface area contributed by atoms with Crippen LogP contribution in [0.25, 0.3) is 0 Å². The molecule has 1 saturated heterocycles. The van der Waals surface area contributed by atoms with Crippen molar-refractivity contribution in [3.05, 3.63) is 6.42 Å². The van der Waals surface area contributed by atoms with Crippen LogP contribution < -0.4 is 5.32 Å². The summed E-state index contributed by atoms with van der Waals surface area (Å²) in [6.45, 7) is 3.31. The molecule has 1 rings (SSSR count). The molecule has 1 fully saturated rings. The molecule has 0 aliphatic carbocycles. The third-order valence-corrected chi connectivity index (χ3v) is 1.40. The Hall–Kier alpha value is -1.06. The molecular formula is C6H8NO3. The summed E-state index contributed by atoms with van der Waals surface area (Å²) in [6.07, 6.45) is 1.61. The normalized spacial score (nSPS) is 31.8. The van der Waals surface area contributed by atoms with Crippen LogP contribution in [0.4, 0.5) is 0 Å². The van der Waals surface area contributed by atoms with E-state index in [0.717, 1.165) is 0 Å². The average Bonchev–Trinajstić information content (AvgIpc) is 2.10. The highest BCUT2D eigenvalue weighted by molar-refractivity contribution is 6.34. The van der Waals surface area contributed by atoms with Crippen molar-refractivity contribution in [1.82, 2.24) is 5.32 Å². The van der Waals surface area contributed by atoms with Crippen LogP contribution in [-0.2, 0) is 14.3 Å². The maximum Gasteiger partial charge on any atom is 0.399 e. The summed E-state index contributed by atoms with van der Waals surface area (Å²) in [6, 6.07) is 0. The number of carbonyl (C=O) groups is 2. The van der Waals surface area contributed by atoms with E-state index in [-0.39, 0.29) is 0 Å². The molecule has 1 heterocycles. The Morgan fingerprint density at radius 2 is 2.20 bits per heavy atom. The number of ether oxygens (including phenoxy) is 1. The maximum absolute atomic E-state index is 10.5. The van der Waals surface area contributed by atoms with Crippen molar-refractivity contribution >= 4 is 11.9 Å². The molecule has 1 aliphatic rings. The second-order valence-corrected chi connectivity index (χ2v) is 2.24. The largest absolute Gasteiger partial charge is 0.432 e. The van der Waals surface area contributed by atoms with Crippen LogP contribution in [0.3, 0.4) is 0 Å². The number of hydrogen-bond acceptors (Lipinski definition) is 3. The Morgan fingerprint density at radius 3 is 2.40 bits per heavy atom. The lowest BCUT2D eigenvalue weighted by Crippen LogP contribution is -2.39. The van der Waals surface area contributed by atoms with Crippen LogP contribution in [0.1, 0.15) is 13.8 Å². The first kappa shape index (κ1) is 7.05. The molecule has 1 aliphatic heterocycles. The molecule has 0 aromatic heterocycles. The van der Waals surface area contributed by atoms with Gasteiger partial charge in [-0.05, 0) is 6.92 Å². The molecule has 0 aromatic carbocycles. The fourth-order valence-electron chi connectivity index (χ4n) is 0.672. The summed E-state index contributed by atoms with van der Waals surface area (Å²) >= 11 is 0. The minimum absolute atomic E-state index is 0.680. The van der Waals surface area contributed by atoms with Gasteiger partial charge in [0.05, 0.1) is 0 Å². The number of esters is 1. The van der Waals surface area contributed by atoms with Gasteiger partial charge in [0.25, 0.3) is 0 Å². The third kappa shape index (κ3) is 0.964. The van der Waals surface area contributed by atoms with E-state index in [4.69, 9.17) is 0 Å². The van der Waals surface area contributed by atoms with Crippen molar-refractivity contribution in [2.45, 2.75) is 19.6 Å². The molecule has 0 bridgehead atoms. The van der Waals surface area contributed by atoms with Gasteiger partial charge < -0.3 is 10.1 Å². The highest BCUT2D eigenvalue weighted by Crippen LogP contribution is 2.15. The number of nitrogens with one attached hydrogen (secondary N) is 1. The van der Waals surface area contributed by atoms with Crippen LogP contribution in [0.5, 0.6) is 0 Å². The number of carbonyl (C=O) groups excluding carboxylic acids is 2. The monoisotopic (exact) mass is 142 g/mol. The second kappa shape index (κ2) is 1.97. The highest BCUT2D eigenvalue weighted by Gasteiger charge is 2.40. The Labute approximate surface area is 58.5 Å². The predicted molar refractivity (Wildman–Crippen MR) is 32.6 cm³/mol. The van der Waals surface area contributed by atoms with Gasteiger partial charge in [0.1, 0.15) is 0 Å². The number of cyclic esters (lactones) is 1. The van der Waals surface area contributed by atoms with Gasteiger partial charge in [0, 0.05) is 6.42 Å². The molecular weight excluding hydrogens is 134 g/mol. The van der Waals surface area contributed by atoms with E-state index in [1.807, 2.05) is 0 Å². The van der Waals surface area contributed by atoms with Gasteiger partial charge >= 0.3 is 11.9 Å². The number of hydrogen-bond donors (Lipinski definition) is 1. The molecule has 1 unspecified atom stereocenters. The molecule has 0 aromatic rings. The quantitative estimate of drug-likeness (QED) is 0.400. The fraction of sp³-hybridized carbons (Fsp3) is 0.500. The molecule has 4 nitrogen and oxygen atoms in total. The summed E-state index contributed by atoms with van der Waals surface area (Å²) < 4.78 is 4.66. The van der Waals surface area contributed by atoms with Gasteiger partial charge in [-0.2, -0.15) is 0 Å². The van der Waals surface area contributed by atoms with Crippen molar-refractivity contribution < 1.29 is 14.3 Å². The van der Waals surface area contributed by atoms with Crippen molar-refractivity contribution in [2.75, 3.05) is 0 Å². The van der Waals surface area contributed by atoms with E-state index >= 15 is 0 Å². The van der Waals surface area contributed by atoms with E-state index in [2.05, 4.69) is 10.1 Å². The van der Waals surface area contributed by atoms with Crippen LogP contribution >= 0.6 is 0 Å². The molecule has 1 radical (unpaired) electrons. The lowest BCUT2D eigenvalue weighted by atomic mass is 10.2. The molecule has 0 spiro atoms. The summed E-state index contributed by atoms with van der Waals surface area (Å²) in [5, 5.41) is 2.36. The molecule has 10 heavy (non-hydrogen) atoms. The second-order valence-electron chi connectivity index (χ2n) is 2.24. The standard InChI is InChI=1S/C6H8NO3/c1-3-6(2)7-4(8)5(9)10-6/h3H,1-2H3,(H,7,8). The van der Waals surface area contributed by atoms with Crippen molar-refractivity contribution in [3.63, 3.8) is 0 Å². The van der Waals surface area contributed by atoms with Gasteiger partial charge in [0.15, 0.2) is 5.72 Å². The first-order valence-corrected chi connectivity index (χ1v) is 2.93. The van der Waals surface area contributed by atoms with Gasteiger partial charge in [-0.1, -0.05) is 6.92 Å². The van der Waals surface area contributed by atoms with Crippen molar-refractivity contribution in [3.8, 4) is 0 Å². The molecule has 1 N–H and O–H groups in total. The van der Waals surface area contributed by atoms with Crippen molar-refractivity contribution in [1.29, 1.82) is 0 Å². The Kier molecular flexibility index (Phi) is 1.39. The lowest BCUT2D eigenvalue weighted by Gasteiger charge is -2.18. The minimum Gasteiger partial charge on any atom is -0.432 e. The Bertz CT molecular complexity index is 171. The van der Waals surface area contributed by atoms with E-state index in [1.54, 1.807) is 20.3 Å². The first-order chi connectivity index (χ1) is 4.57. The molecule has 1 atom stereocenters. The minimum atomic E-state index is -0.895. The summed E-state index contributed by atoms with van der Waals surface area (Å²) in [7, 11) is 0. The third-order valence-electron chi connectivity index (χ3n) is 1.40. The summed E-state index contributed by atoms with van der Waals surface area (Å²) in [5.41, 5.74) is -0.895. The SMILES string of the molecule is C[CH]C1(C)NC(=O)C(=O)O1. The van der Waals surface area contributed by atoms with Gasteiger partial charge in [-0.25, -0.2) is 4.79 Å². The summed E-state index contributed by atoms with van der Waals surface area (Å²) in [5.74, 6) is -1.50. The molecule has 1 amide bonds. The van der Waals surface area contributed by atoms with Gasteiger partial charge in [-0.15, -0.1) is 0 Å². The van der Waals surface area contributed by atoms with E-state index in [1.165, 1.54) is 0 Å². The van der Waals surface area contributed by atoms with E-state index in [9.17, 15) is 9.59 Å². The molecule has 55 valence electrons. The number of rotatable bonds is 1. The van der Waals surface area contributed by atoms with Crippen LogP contribution in [0, 0.1) is 6.42 Å². The van der Waals surface area contributed by atoms with Crippen LogP contribution in [-0.4, -0.2) is 17.6 Å². The Morgan fingerprint density at radius 1 is 1.60 bits per heavy atom. The zero-order valence-electron chi connectivity index (χ0n) is 5.80. The molecule has 0 saturated carbocycles. The smallest absolute Gasteiger partial charge is 0.399 e. The topological polar surface area (TPSA) is 55.4 Å². The Balaban J connectivity index is 2.73. The highest BCUT2D eigenvalue weighted by atomic mass is 16.6. The average molecular weight is 142 g/mol. The van der Waals surface area contributed by atoms with E-state index < -0.39 is 17.6 Å². The fourth-order valence-corrected chi connectivity index (χ4v) is 0.672. The predicted octanol–water partition coefficient (Wildman–Crippen LogP) is -0.400. The van der Waals surface area contributed by atoms with Crippen LogP contribution in [0.2, 0.25) is 0 Å². The maximum atomic E-state index is 10.5. The molecule has 4 heteroatoms. The zero-order chi connectivity index (χ0) is 7.78. The van der Waals surface area contributed by atoms with Gasteiger partial charge in [0.2, 0.25) is 0 Å². The van der Waals surface area contributed by atoms with E-state index in [0.29, 0.717) is 0 Å². The first-order valence-electron chi connectivity index (χ1n) is 2.93. The lowest BCUT2D eigenvalue weighted by molar-refractivity contribution is -0.151. The zero-order valence-corrected chi connectivity index (χ0v) is 5.80. The summed E-state index contributed by atoms with van der Waals surface area (Å²) in [4.78, 5) is 21.0. The van der Waals surface area contributed by atoms with Gasteiger partial charge in [-0.3, -0.25) is 4.79 Å².